The lowest BCUT2D eigenvalue weighted by molar-refractivity contribution is 0.0698. The second-order valence-corrected chi connectivity index (χ2v) is 5.63. The van der Waals surface area contributed by atoms with Gasteiger partial charge in [-0.1, -0.05) is 39.5 Å². The van der Waals surface area contributed by atoms with Gasteiger partial charge in [-0.05, 0) is 30.5 Å². The number of benzene rings is 1. The van der Waals surface area contributed by atoms with Crippen LogP contribution in [-0.4, -0.2) is 17.6 Å². The predicted molar refractivity (Wildman–Crippen MR) is 84.2 cm³/mol. The molecule has 0 aliphatic heterocycles. The molecule has 0 saturated carbocycles. The molecule has 0 unspecified atom stereocenters. The molecular formula is C16H26N2O2. The third-order valence-corrected chi connectivity index (χ3v) is 3.32. The largest absolute Gasteiger partial charge is 0.478 e. The van der Waals surface area contributed by atoms with Gasteiger partial charge in [-0.25, -0.2) is 4.79 Å². The van der Waals surface area contributed by atoms with Gasteiger partial charge in [0.25, 0.3) is 0 Å². The normalized spacial score (nSPS) is 10.8. The summed E-state index contributed by atoms with van der Waals surface area (Å²) in [5, 5.41) is 12.2. The molecule has 4 N–H and O–H groups in total. The molecule has 0 heterocycles. The van der Waals surface area contributed by atoms with Gasteiger partial charge >= 0.3 is 5.97 Å². The molecule has 0 aromatic heterocycles. The second-order valence-electron chi connectivity index (χ2n) is 5.63. The van der Waals surface area contributed by atoms with Crippen molar-refractivity contribution >= 4 is 17.3 Å². The molecule has 0 saturated heterocycles. The number of nitrogen functional groups attached to an aromatic ring is 1. The first-order valence-corrected chi connectivity index (χ1v) is 7.37. The Morgan fingerprint density at radius 2 is 1.95 bits per heavy atom. The number of nitrogens with one attached hydrogen (secondary N) is 1. The number of hydrogen-bond donors (Lipinski definition) is 3. The van der Waals surface area contributed by atoms with Crippen molar-refractivity contribution in [3.63, 3.8) is 0 Å². The number of unbranched alkanes of at least 4 members (excludes halogenated alkanes) is 3. The van der Waals surface area contributed by atoms with Crippen molar-refractivity contribution in [1.29, 1.82) is 0 Å². The summed E-state index contributed by atoms with van der Waals surface area (Å²) in [7, 11) is 0. The molecule has 0 aliphatic rings. The van der Waals surface area contributed by atoms with Gasteiger partial charge in [-0.2, -0.15) is 0 Å². The van der Waals surface area contributed by atoms with Crippen LogP contribution in [0.1, 0.15) is 56.3 Å². The van der Waals surface area contributed by atoms with Gasteiger partial charge in [-0.15, -0.1) is 0 Å². The lowest BCUT2D eigenvalue weighted by atomic mass is 10.0. The maximum atomic E-state index is 11.0. The van der Waals surface area contributed by atoms with Crippen LogP contribution in [0, 0.1) is 5.92 Å². The highest BCUT2D eigenvalue weighted by atomic mass is 16.4. The molecule has 0 atom stereocenters. The third-order valence-electron chi connectivity index (χ3n) is 3.32. The zero-order valence-electron chi connectivity index (χ0n) is 12.5. The maximum Gasteiger partial charge on any atom is 0.337 e. The summed E-state index contributed by atoms with van der Waals surface area (Å²) in [6.07, 6.45) is 6.17. The second kappa shape index (κ2) is 8.46. The van der Waals surface area contributed by atoms with Crippen LogP contribution in [0.15, 0.2) is 18.2 Å². The fraction of sp³-hybridized carbons (Fsp3) is 0.562. The van der Waals surface area contributed by atoms with Crippen LogP contribution in [0.2, 0.25) is 0 Å². The van der Waals surface area contributed by atoms with Crippen molar-refractivity contribution < 1.29 is 9.90 Å². The molecular weight excluding hydrogens is 252 g/mol. The van der Waals surface area contributed by atoms with Crippen LogP contribution in [0.3, 0.4) is 0 Å². The highest BCUT2D eigenvalue weighted by Crippen LogP contribution is 2.18. The monoisotopic (exact) mass is 278 g/mol. The quantitative estimate of drug-likeness (QED) is 0.471. The fourth-order valence-corrected chi connectivity index (χ4v) is 2.12. The molecule has 0 spiro atoms. The Morgan fingerprint density at radius 3 is 2.60 bits per heavy atom. The van der Waals surface area contributed by atoms with Gasteiger partial charge in [0, 0.05) is 17.9 Å². The predicted octanol–water partition coefficient (Wildman–Crippen LogP) is 3.99. The van der Waals surface area contributed by atoms with Crippen LogP contribution in [0.25, 0.3) is 0 Å². The summed E-state index contributed by atoms with van der Waals surface area (Å²) in [6, 6.07) is 5.05. The van der Waals surface area contributed by atoms with Gasteiger partial charge in [-0.3, -0.25) is 0 Å². The molecule has 0 amide bonds. The van der Waals surface area contributed by atoms with E-state index in [1.54, 1.807) is 12.1 Å². The molecule has 20 heavy (non-hydrogen) atoms. The minimum Gasteiger partial charge on any atom is -0.478 e. The van der Waals surface area contributed by atoms with E-state index in [9.17, 15) is 4.79 Å². The molecule has 1 rings (SSSR count). The molecule has 0 radical (unpaired) electrons. The summed E-state index contributed by atoms with van der Waals surface area (Å²) < 4.78 is 0. The van der Waals surface area contributed by atoms with Crippen molar-refractivity contribution in [3.05, 3.63) is 23.8 Å². The van der Waals surface area contributed by atoms with Crippen molar-refractivity contribution in [2.24, 2.45) is 5.92 Å². The van der Waals surface area contributed by atoms with E-state index in [0.717, 1.165) is 24.6 Å². The van der Waals surface area contributed by atoms with E-state index in [1.807, 2.05) is 6.07 Å². The van der Waals surface area contributed by atoms with Gasteiger partial charge in [0.05, 0.1) is 5.56 Å². The van der Waals surface area contributed by atoms with Crippen molar-refractivity contribution in [2.45, 2.75) is 46.0 Å². The molecule has 0 fully saturated rings. The van der Waals surface area contributed by atoms with Crippen LogP contribution >= 0.6 is 0 Å². The molecule has 0 bridgehead atoms. The number of anilines is 2. The molecule has 1 aromatic carbocycles. The van der Waals surface area contributed by atoms with Crippen molar-refractivity contribution in [1.82, 2.24) is 0 Å². The van der Waals surface area contributed by atoms with Crippen LogP contribution < -0.4 is 11.1 Å². The van der Waals surface area contributed by atoms with Crippen molar-refractivity contribution in [3.8, 4) is 0 Å². The third kappa shape index (κ3) is 5.95. The Labute approximate surface area is 121 Å². The summed E-state index contributed by atoms with van der Waals surface area (Å²) in [5.74, 6) is -0.197. The Bertz CT molecular complexity index is 430. The molecule has 1 aromatic rings. The Hall–Kier alpha value is -1.71. The van der Waals surface area contributed by atoms with Gasteiger partial charge < -0.3 is 16.2 Å². The number of carbonyl (C=O) groups is 1. The molecule has 112 valence electrons. The zero-order chi connectivity index (χ0) is 15.0. The number of nitrogens with two attached hydrogens (primary N) is 1. The smallest absolute Gasteiger partial charge is 0.337 e. The van der Waals surface area contributed by atoms with Gasteiger partial charge in [0.1, 0.15) is 0 Å². The number of carboxylic acid groups (broad SMARTS) is 1. The van der Waals surface area contributed by atoms with Crippen LogP contribution in [-0.2, 0) is 0 Å². The van der Waals surface area contributed by atoms with E-state index in [-0.39, 0.29) is 5.56 Å². The van der Waals surface area contributed by atoms with Crippen LogP contribution in [0.5, 0.6) is 0 Å². The first-order chi connectivity index (χ1) is 9.50. The van der Waals surface area contributed by atoms with Crippen molar-refractivity contribution in [2.75, 3.05) is 17.6 Å². The highest BCUT2D eigenvalue weighted by Gasteiger charge is 2.08. The van der Waals surface area contributed by atoms with Crippen LogP contribution in [0.4, 0.5) is 11.4 Å². The number of carboxylic acids is 1. The van der Waals surface area contributed by atoms with E-state index >= 15 is 0 Å². The number of hydrogen-bond acceptors (Lipinski definition) is 3. The summed E-state index contributed by atoms with van der Waals surface area (Å²) in [5.41, 5.74) is 6.90. The van der Waals surface area contributed by atoms with E-state index in [1.165, 1.54) is 25.7 Å². The summed E-state index contributed by atoms with van der Waals surface area (Å²) in [4.78, 5) is 11.0. The average Bonchev–Trinajstić information content (AvgIpc) is 2.38. The number of aromatic carboxylic acids is 1. The maximum absolute atomic E-state index is 11.0. The van der Waals surface area contributed by atoms with E-state index in [4.69, 9.17) is 10.8 Å². The minimum absolute atomic E-state index is 0.159. The SMILES string of the molecule is CC(C)CCCCCCNc1ccc(N)c(C(=O)O)c1. The Kier molecular flexibility index (Phi) is 6.91. The molecule has 4 nitrogen and oxygen atoms in total. The topological polar surface area (TPSA) is 75.3 Å². The lowest BCUT2D eigenvalue weighted by Crippen LogP contribution is -2.06. The highest BCUT2D eigenvalue weighted by molar-refractivity contribution is 5.94. The average molecular weight is 278 g/mol. The summed E-state index contributed by atoms with van der Waals surface area (Å²) >= 11 is 0. The van der Waals surface area contributed by atoms with Gasteiger partial charge in [0.2, 0.25) is 0 Å². The lowest BCUT2D eigenvalue weighted by Gasteiger charge is -2.09. The van der Waals surface area contributed by atoms with Gasteiger partial charge in [0.15, 0.2) is 0 Å². The first-order valence-electron chi connectivity index (χ1n) is 7.37. The van der Waals surface area contributed by atoms with E-state index in [0.29, 0.717) is 5.69 Å². The fourth-order valence-electron chi connectivity index (χ4n) is 2.12. The standard InChI is InChI=1S/C16H26N2O2/c1-12(2)7-5-3-4-6-10-18-13-8-9-15(17)14(11-13)16(19)20/h8-9,11-12,18H,3-7,10,17H2,1-2H3,(H,19,20). The summed E-state index contributed by atoms with van der Waals surface area (Å²) in [6.45, 7) is 5.37. The molecule has 0 aliphatic carbocycles. The Morgan fingerprint density at radius 1 is 1.25 bits per heavy atom. The first kappa shape index (κ1) is 16.3. The molecule has 4 heteroatoms. The number of rotatable bonds is 9. The van der Waals surface area contributed by atoms with E-state index in [2.05, 4.69) is 19.2 Å². The minimum atomic E-state index is -0.986. The Balaban J connectivity index is 2.25. The zero-order valence-corrected chi connectivity index (χ0v) is 12.5. The van der Waals surface area contributed by atoms with E-state index < -0.39 is 5.97 Å².